The molecule has 0 saturated heterocycles. The van der Waals surface area contributed by atoms with Gasteiger partial charge in [-0.15, -0.1) is 0 Å². The Balaban J connectivity index is 2.40. The first-order valence-electron chi connectivity index (χ1n) is 5.19. The quantitative estimate of drug-likeness (QED) is 0.682. The highest BCUT2D eigenvalue weighted by Gasteiger charge is 2.18. The Kier molecular flexibility index (Phi) is 2.04. The van der Waals surface area contributed by atoms with Crippen molar-refractivity contribution in [3.05, 3.63) is 50.5 Å². The van der Waals surface area contributed by atoms with Gasteiger partial charge in [0.05, 0.1) is 5.69 Å². The monoisotopic (exact) mass is 230 g/mol. The van der Waals surface area contributed by atoms with Crippen LogP contribution in [0.1, 0.15) is 11.1 Å². The second-order valence-electron chi connectivity index (χ2n) is 3.92. The summed E-state index contributed by atoms with van der Waals surface area (Å²) in [5.41, 5.74) is 4.00. The molecular weight excluding hydrogens is 220 g/mol. The second kappa shape index (κ2) is 3.42. The molecule has 16 heavy (non-hydrogen) atoms. The Morgan fingerprint density at radius 1 is 1.12 bits per heavy atom. The van der Waals surface area contributed by atoms with Crippen LogP contribution in [-0.4, -0.2) is 9.97 Å². The third-order valence-corrected chi connectivity index (χ3v) is 3.18. The van der Waals surface area contributed by atoms with E-state index < -0.39 is 0 Å². The molecule has 80 valence electrons. The van der Waals surface area contributed by atoms with Gasteiger partial charge in [0.15, 0.2) is 4.77 Å². The molecule has 3 nitrogen and oxygen atoms in total. The molecule has 0 saturated carbocycles. The smallest absolute Gasteiger partial charge is 0.255 e. The number of aromatic amines is 2. The molecule has 0 bridgehead atoms. The molecule has 4 heteroatoms. The van der Waals surface area contributed by atoms with Gasteiger partial charge in [-0.25, -0.2) is 0 Å². The third kappa shape index (κ3) is 1.34. The lowest BCUT2D eigenvalue weighted by Crippen LogP contribution is -2.20. The van der Waals surface area contributed by atoms with Gasteiger partial charge in [0, 0.05) is 11.1 Å². The topological polar surface area (TPSA) is 48.6 Å². The predicted molar refractivity (Wildman–Crippen MR) is 65.1 cm³/mol. The lowest BCUT2D eigenvalue weighted by Gasteiger charge is -2.18. The summed E-state index contributed by atoms with van der Waals surface area (Å²) in [5, 5.41) is 0. The van der Waals surface area contributed by atoms with Crippen molar-refractivity contribution < 1.29 is 0 Å². The van der Waals surface area contributed by atoms with Crippen LogP contribution in [0.3, 0.4) is 0 Å². The van der Waals surface area contributed by atoms with Crippen molar-refractivity contribution in [2.24, 2.45) is 0 Å². The standard InChI is InChI=1S/C12H10N2OS/c15-11-9-6-5-7-3-1-2-4-8(7)10(9)13-12(16)14-11/h1-4H,5-6H2,(H2,13,14,15,16). The number of fused-ring (bicyclic) bond motifs is 3. The van der Waals surface area contributed by atoms with Crippen LogP contribution in [0.4, 0.5) is 0 Å². The molecule has 0 amide bonds. The number of hydrogen-bond acceptors (Lipinski definition) is 2. The highest BCUT2D eigenvalue weighted by Crippen LogP contribution is 2.29. The number of H-pyrrole nitrogens is 2. The zero-order valence-corrected chi connectivity index (χ0v) is 9.36. The van der Waals surface area contributed by atoms with Gasteiger partial charge in [-0.05, 0) is 30.6 Å². The van der Waals surface area contributed by atoms with E-state index >= 15 is 0 Å². The van der Waals surface area contributed by atoms with Gasteiger partial charge in [-0.2, -0.15) is 0 Å². The minimum atomic E-state index is -0.0618. The Hall–Kier alpha value is -1.68. The fraction of sp³-hybridized carbons (Fsp3) is 0.167. The Morgan fingerprint density at radius 2 is 1.94 bits per heavy atom. The van der Waals surface area contributed by atoms with Crippen molar-refractivity contribution in [1.29, 1.82) is 0 Å². The average Bonchev–Trinajstić information content (AvgIpc) is 2.28. The first-order valence-corrected chi connectivity index (χ1v) is 5.60. The minimum Gasteiger partial charge on any atom is -0.331 e. The van der Waals surface area contributed by atoms with E-state index in [-0.39, 0.29) is 5.56 Å². The van der Waals surface area contributed by atoms with E-state index in [2.05, 4.69) is 16.0 Å². The Bertz CT molecular complexity index is 669. The summed E-state index contributed by atoms with van der Waals surface area (Å²) in [6.45, 7) is 0. The van der Waals surface area contributed by atoms with Crippen molar-refractivity contribution in [2.45, 2.75) is 12.8 Å². The second-order valence-corrected chi connectivity index (χ2v) is 4.33. The summed E-state index contributed by atoms with van der Waals surface area (Å²) in [7, 11) is 0. The molecular formula is C12H10N2OS. The van der Waals surface area contributed by atoms with Crippen LogP contribution >= 0.6 is 12.2 Å². The van der Waals surface area contributed by atoms with Gasteiger partial charge < -0.3 is 4.98 Å². The van der Waals surface area contributed by atoms with E-state index in [1.807, 2.05) is 18.2 Å². The van der Waals surface area contributed by atoms with Crippen LogP contribution in [0, 0.1) is 4.77 Å². The molecule has 0 aliphatic heterocycles. The minimum absolute atomic E-state index is 0.0618. The highest BCUT2D eigenvalue weighted by molar-refractivity contribution is 7.71. The zero-order chi connectivity index (χ0) is 11.1. The van der Waals surface area contributed by atoms with Crippen molar-refractivity contribution >= 4 is 12.2 Å². The fourth-order valence-electron chi connectivity index (χ4n) is 2.22. The summed E-state index contributed by atoms with van der Waals surface area (Å²) in [6.07, 6.45) is 1.69. The van der Waals surface area contributed by atoms with Gasteiger partial charge in [0.1, 0.15) is 0 Å². The number of hydrogen-bond donors (Lipinski definition) is 2. The number of rotatable bonds is 0. The molecule has 0 radical (unpaired) electrons. The number of benzene rings is 1. The van der Waals surface area contributed by atoms with E-state index in [1.165, 1.54) is 5.56 Å². The van der Waals surface area contributed by atoms with Gasteiger partial charge in [0.25, 0.3) is 5.56 Å². The van der Waals surface area contributed by atoms with Crippen molar-refractivity contribution in [3.63, 3.8) is 0 Å². The molecule has 1 aliphatic rings. The van der Waals surface area contributed by atoms with Crippen LogP contribution in [0.15, 0.2) is 29.1 Å². The van der Waals surface area contributed by atoms with Gasteiger partial charge in [0.2, 0.25) is 0 Å². The zero-order valence-electron chi connectivity index (χ0n) is 8.54. The lowest BCUT2D eigenvalue weighted by molar-refractivity contribution is 0.887. The number of aryl methyl sites for hydroxylation is 1. The summed E-state index contributed by atoms with van der Waals surface area (Å²) in [4.78, 5) is 17.5. The molecule has 0 fully saturated rings. The largest absolute Gasteiger partial charge is 0.331 e. The highest BCUT2D eigenvalue weighted by atomic mass is 32.1. The fourth-order valence-corrected chi connectivity index (χ4v) is 2.42. The van der Waals surface area contributed by atoms with Crippen LogP contribution in [0.5, 0.6) is 0 Å². The van der Waals surface area contributed by atoms with E-state index in [0.29, 0.717) is 4.77 Å². The maximum Gasteiger partial charge on any atom is 0.255 e. The summed E-state index contributed by atoms with van der Waals surface area (Å²) in [5.74, 6) is 0. The molecule has 3 rings (SSSR count). The predicted octanol–water partition coefficient (Wildman–Crippen LogP) is 2.20. The molecule has 1 aromatic carbocycles. The molecule has 0 spiro atoms. The first-order chi connectivity index (χ1) is 7.75. The van der Waals surface area contributed by atoms with E-state index in [4.69, 9.17) is 12.2 Å². The molecule has 1 aromatic heterocycles. The van der Waals surface area contributed by atoms with Crippen molar-refractivity contribution in [2.75, 3.05) is 0 Å². The molecule has 2 N–H and O–H groups in total. The SMILES string of the molecule is O=c1[nH]c(=S)[nH]c2c1CCc1ccccc1-2. The Labute approximate surface area is 97.2 Å². The van der Waals surface area contributed by atoms with Crippen molar-refractivity contribution in [1.82, 2.24) is 9.97 Å². The molecule has 1 heterocycles. The van der Waals surface area contributed by atoms with E-state index in [0.717, 1.165) is 29.7 Å². The molecule has 0 atom stereocenters. The van der Waals surface area contributed by atoms with Crippen LogP contribution in [0.2, 0.25) is 0 Å². The summed E-state index contributed by atoms with van der Waals surface area (Å²) >= 11 is 5.00. The van der Waals surface area contributed by atoms with Crippen LogP contribution in [-0.2, 0) is 12.8 Å². The average molecular weight is 230 g/mol. The molecule has 2 aromatic rings. The van der Waals surface area contributed by atoms with Crippen LogP contribution in [0.25, 0.3) is 11.3 Å². The summed E-state index contributed by atoms with van der Waals surface area (Å²) < 4.78 is 0.389. The third-order valence-electron chi connectivity index (χ3n) is 2.97. The first kappa shape index (κ1) is 9.54. The Morgan fingerprint density at radius 3 is 2.81 bits per heavy atom. The van der Waals surface area contributed by atoms with Gasteiger partial charge in [-0.1, -0.05) is 24.3 Å². The number of nitrogens with one attached hydrogen (secondary N) is 2. The molecule has 0 unspecified atom stereocenters. The summed E-state index contributed by atoms with van der Waals surface area (Å²) in [6, 6.07) is 8.12. The van der Waals surface area contributed by atoms with Crippen molar-refractivity contribution in [3.8, 4) is 11.3 Å². The van der Waals surface area contributed by atoms with Gasteiger partial charge >= 0.3 is 0 Å². The number of aromatic nitrogens is 2. The van der Waals surface area contributed by atoms with E-state index in [1.54, 1.807) is 0 Å². The van der Waals surface area contributed by atoms with Gasteiger partial charge in [-0.3, -0.25) is 9.78 Å². The maximum absolute atomic E-state index is 11.8. The maximum atomic E-state index is 11.8. The normalized spacial score (nSPS) is 13.0. The van der Waals surface area contributed by atoms with Crippen LogP contribution < -0.4 is 5.56 Å². The lowest BCUT2D eigenvalue weighted by atomic mass is 9.90. The molecule has 1 aliphatic carbocycles. The van der Waals surface area contributed by atoms with E-state index in [9.17, 15) is 4.79 Å².